The summed E-state index contributed by atoms with van der Waals surface area (Å²) in [5.74, 6) is -0.723. The highest BCUT2D eigenvalue weighted by atomic mass is 16.5. The summed E-state index contributed by atoms with van der Waals surface area (Å²) in [6, 6.07) is 0. The lowest BCUT2D eigenvalue weighted by Crippen LogP contribution is -2.24. The third kappa shape index (κ3) is 3.05. The van der Waals surface area contributed by atoms with E-state index in [0.29, 0.717) is 0 Å². The maximum atomic E-state index is 8.97. The zero-order valence-corrected chi connectivity index (χ0v) is 6.38. The third-order valence-electron chi connectivity index (χ3n) is 1.29. The first-order valence-corrected chi connectivity index (χ1v) is 3.34. The Hall–Kier alpha value is -0.820. The minimum absolute atomic E-state index is 0.112. The van der Waals surface area contributed by atoms with Crippen LogP contribution in [0.5, 0.6) is 0 Å². The molecule has 0 radical (unpaired) electrons. The van der Waals surface area contributed by atoms with Gasteiger partial charge in [0.2, 0.25) is 0 Å². The summed E-state index contributed by atoms with van der Waals surface area (Å²) in [5, 5.41) is 43.2. The molecule has 6 heteroatoms. The third-order valence-corrected chi connectivity index (χ3v) is 1.29. The van der Waals surface area contributed by atoms with E-state index < -0.39 is 23.9 Å². The fourth-order valence-electron chi connectivity index (χ4n) is 0.584. The predicted octanol–water partition coefficient (Wildman–Crippen LogP) is -2.23. The topological polar surface area (TPSA) is 127 Å². The van der Waals surface area contributed by atoms with Gasteiger partial charge in [-0.2, -0.15) is 0 Å². The predicted molar refractivity (Wildman–Crippen MR) is 39.8 cm³/mol. The van der Waals surface area contributed by atoms with Crippen molar-refractivity contribution in [2.75, 3.05) is 6.61 Å². The number of hydrogen-bond acceptors (Lipinski definition) is 6. The molecule has 12 heavy (non-hydrogen) atoms. The van der Waals surface area contributed by atoms with Gasteiger partial charge in [-0.1, -0.05) is 0 Å². The van der Waals surface area contributed by atoms with Gasteiger partial charge in [-0.05, 0) is 0 Å². The maximum absolute atomic E-state index is 8.97. The first kappa shape index (κ1) is 11.2. The van der Waals surface area contributed by atoms with Crippen molar-refractivity contribution in [3.05, 3.63) is 11.5 Å². The second kappa shape index (κ2) is 4.94. The molecule has 7 N–H and O–H groups in total. The Balaban J connectivity index is 4.32. The van der Waals surface area contributed by atoms with Crippen LogP contribution in [0, 0.1) is 0 Å². The van der Waals surface area contributed by atoms with Gasteiger partial charge in [0, 0.05) is 13.0 Å². The van der Waals surface area contributed by atoms with Crippen LogP contribution >= 0.6 is 0 Å². The van der Waals surface area contributed by atoms with Gasteiger partial charge in [0.05, 0.1) is 0 Å². The van der Waals surface area contributed by atoms with E-state index in [1.165, 1.54) is 0 Å². The quantitative estimate of drug-likeness (QED) is 0.214. The van der Waals surface area contributed by atoms with Crippen molar-refractivity contribution in [1.82, 2.24) is 0 Å². The van der Waals surface area contributed by atoms with Crippen LogP contribution in [0.3, 0.4) is 0 Å². The van der Waals surface area contributed by atoms with Crippen molar-refractivity contribution in [2.24, 2.45) is 5.73 Å². The fraction of sp³-hybridized carbons (Fsp3) is 0.667. The highest BCUT2D eigenvalue weighted by Gasteiger charge is 2.16. The molecule has 0 aliphatic rings. The minimum atomic E-state index is -2.00. The van der Waals surface area contributed by atoms with Gasteiger partial charge in [0.15, 0.2) is 6.29 Å². The Bertz CT molecular complexity index is 167. The van der Waals surface area contributed by atoms with E-state index in [1.54, 1.807) is 0 Å². The molecule has 0 amide bonds. The summed E-state index contributed by atoms with van der Waals surface area (Å²) in [4.78, 5) is 0. The van der Waals surface area contributed by atoms with E-state index in [9.17, 15) is 0 Å². The Morgan fingerprint density at radius 1 is 1.25 bits per heavy atom. The first-order valence-electron chi connectivity index (χ1n) is 3.34. The molecular weight excluding hydrogens is 166 g/mol. The van der Waals surface area contributed by atoms with Crippen LogP contribution < -0.4 is 5.73 Å². The zero-order valence-electron chi connectivity index (χ0n) is 6.38. The molecule has 0 aromatic heterocycles. The lowest BCUT2D eigenvalue weighted by atomic mass is 10.2. The molecule has 0 aliphatic carbocycles. The summed E-state index contributed by atoms with van der Waals surface area (Å²) in [6.07, 6.45) is -3.48. The normalized spacial score (nSPS) is 16.1. The Labute approximate surface area is 69.2 Å². The lowest BCUT2D eigenvalue weighted by Gasteiger charge is -2.12. The molecule has 0 spiro atoms. The van der Waals surface area contributed by atoms with Gasteiger partial charge in [-0.25, -0.2) is 0 Å². The Morgan fingerprint density at radius 2 is 1.75 bits per heavy atom. The van der Waals surface area contributed by atoms with Crippen molar-refractivity contribution < 1.29 is 25.5 Å². The van der Waals surface area contributed by atoms with Crippen molar-refractivity contribution in [1.29, 1.82) is 0 Å². The highest BCUT2D eigenvalue weighted by Crippen LogP contribution is 2.06. The zero-order chi connectivity index (χ0) is 9.72. The van der Waals surface area contributed by atoms with Crippen LogP contribution in [-0.4, -0.2) is 44.5 Å². The highest BCUT2D eigenvalue weighted by molar-refractivity contribution is 5.09. The summed E-state index contributed by atoms with van der Waals surface area (Å²) < 4.78 is 0. The van der Waals surface area contributed by atoms with Crippen molar-refractivity contribution in [3.63, 3.8) is 0 Å². The van der Waals surface area contributed by atoms with Gasteiger partial charge in [0.1, 0.15) is 17.6 Å². The molecule has 1 unspecified atom stereocenters. The number of nitrogens with two attached hydrogens (primary N) is 1. The first-order chi connectivity index (χ1) is 5.50. The molecule has 0 fully saturated rings. The van der Waals surface area contributed by atoms with Crippen molar-refractivity contribution >= 4 is 0 Å². The van der Waals surface area contributed by atoms with Gasteiger partial charge in [0.25, 0.3) is 0 Å². The fourth-order valence-corrected chi connectivity index (χ4v) is 0.584. The number of aliphatic hydroxyl groups is 5. The lowest BCUT2D eigenvalue weighted by molar-refractivity contribution is -0.0154. The SMILES string of the molecule is N/C(=C(/O)C(O)CCO)C(O)O. The summed E-state index contributed by atoms with van der Waals surface area (Å²) >= 11 is 0. The largest absolute Gasteiger partial charge is 0.508 e. The second-order valence-electron chi connectivity index (χ2n) is 2.24. The molecule has 0 saturated heterocycles. The van der Waals surface area contributed by atoms with Crippen LogP contribution in [0.4, 0.5) is 0 Å². The van der Waals surface area contributed by atoms with Crippen LogP contribution in [0.1, 0.15) is 6.42 Å². The molecule has 0 saturated carbocycles. The van der Waals surface area contributed by atoms with E-state index in [2.05, 4.69) is 0 Å². The summed E-state index contributed by atoms with van der Waals surface area (Å²) in [6.45, 7) is -0.333. The van der Waals surface area contributed by atoms with E-state index >= 15 is 0 Å². The monoisotopic (exact) mass is 179 g/mol. The maximum Gasteiger partial charge on any atom is 0.196 e. The van der Waals surface area contributed by atoms with Crippen molar-refractivity contribution in [3.8, 4) is 0 Å². The molecule has 0 aromatic rings. The van der Waals surface area contributed by atoms with Crippen LogP contribution in [0.25, 0.3) is 0 Å². The smallest absolute Gasteiger partial charge is 0.196 e. The molecule has 0 bridgehead atoms. The summed E-state index contributed by atoms with van der Waals surface area (Å²) in [5.41, 5.74) is 4.36. The van der Waals surface area contributed by atoms with Gasteiger partial charge in [-0.3, -0.25) is 0 Å². The second-order valence-corrected chi connectivity index (χ2v) is 2.24. The standard InChI is InChI=1S/C6H13NO5/c7-4(6(11)12)5(10)3(9)1-2-8/h3,6,8-12H,1-2,7H2/b5-4+. The van der Waals surface area contributed by atoms with Crippen molar-refractivity contribution in [2.45, 2.75) is 18.8 Å². The van der Waals surface area contributed by atoms with Gasteiger partial charge in [-0.15, -0.1) is 0 Å². The summed E-state index contributed by atoms with van der Waals surface area (Å²) in [7, 11) is 0. The molecule has 6 nitrogen and oxygen atoms in total. The van der Waals surface area contributed by atoms with E-state index in [4.69, 9.17) is 31.3 Å². The Morgan fingerprint density at radius 3 is 2.08 bits per heavy atom. The number of aliphatic hydroxyl groups excluding tert-OH is 4. The molecule has 1 atom stereocenters. The average Bonchev–Trinajstić information content (AvgIpc) is 2.02. The molecule has 0 aromatic carbocycles. The molecule has 0 aliphatic heterocycles. The van der Waals surface area contributed by atoms with Crippen LogP contribution in [0.2, 0.25) is 0 Å². The molecule has 0 rings (SSSR count). The van der Waals surface area contributed by atoms with Gasteiger partial charge >= 0.3 is 0 Å². The molecule has 0 heterocycles. The van der Waals surface area contributed by atoms with Gasteiger partial charge < -0.3 is 31.3 Å². The molecular formula is C6H13NO5. The average molecular weight is 179 g/mol. The van der Waals surface area contributed by atoms with Crippen LogP contribution in [0.15, 0.2) is 11.5 Å². The van der Waals surface area contributed by atoms with E-state index in [-0.39, 0.29) is 13.0 Å². The number of rotatable bonds is 4. The van der Waals surface area contributed by atoms with Crippen LogP contribution in [-0.2, 0) is 0 Å². The Kier molecular flexibility index (Phi) is 4.60. The minimum Gasteiger partial charge on any atom is -0.508 e. The molecule has 72 valence electrons. The van der Waals surface area contributed by atoms with E-state index in [0.717, 1.165) is 0 Å². The van der Waals surface area contributed by atoms with E-state index in [1.807, 2.05) is 0 Å². The number of hydrogen-bond donors (Lipinski definition) is 6.